The number of carbonyl (C=O) groups excluding carboxylic acids is 1. The summed E-state index contributed by atoms with van der Waals surface area (Å²) in [6.07, 6.45) is -0.798. The van der Waals surface area contributed by atoms with Gasteiger partial charge in [0.2, 0.25) is 0 Å². The van der Waals surface area contributed by atoms with Crippen molar-refractivity contribution in [2.24, 2.45) is 0 Å². The Bertz CT molecular complexity index is 190. The molecule has 0 radical (unpaired) electrons. The van der Waals surface area contributed by atoms with E-state index in [1.807, 2.05) is 27.8 Å². The molecule has 90 valence electrons. The molecule has 0 aromatic rings. The van der Waals surface area contributed by atoms with Gasteiger partial charge in [0.1, 0.15) is 11.8 Å². The van der Waals surface area contributed by atoms with Gasteiger partial charge >= 0.3 is 6.09 Å². The van der Waals surface area contributed by atoms with Crippen LogP contribution in [0, 0.1) is 0 Å². The third-order valence-electron chi connectivity index (χ3n) is 1.44. The monoisotopic (exact) mass is 218 g/mol. The zero-order valence-corrected chi connectivity index (χ0v) is 10.2. The van der Waals surface area contributed by atoms with Crippen molar-refractivity contribution in [3.05, 3.63) is 0 Å². The van der Waals surface area contributed by atoms with Crippen LogP contribution in [0.2, 0.25) is 0 Å². The van der Waals surface area contributed by atoms with Gasteiger partial charge in [0.15, 0.2) is 0 Å². The first kappa shape index (κ1) is 14.2. The van der Waals surface area contributed by atoms with E-state index >= 15 is 0 Å². The maximum absolute atomic E-state index is 11.3. The molecule has 1 atom stereocenters. The van der Waals surface area contributed by atoms with Crippen LogP contribution in [-0.2, 0) is 9.47 Å². The van der Waals surface area contributed by atoms with Gasteiger partial charge in [-0.2, -0.15) is 0 Å². The molecule has 1 unspecified atom stereocenters. The molecule has 0 aliphatic rings. The third-order valence-corrected chi connectivity index (χ3v) is 1.44. The van der Waals surface area contributed by atoms with Crippen molar-refractivity contribution in [2.45, 2.75) is 39.5 Å². The number of alkyl carbamates (subject to hydrolysis) is 1. The predicted octanol–water partition coefficient (Wildman–Crippen LogP) is 1.09. The lowest BCUT2D eigenvalue weighted by Crippen LogP contribution is -2.39. The number of ether oxygens (including phenoxy) is 2. The summed E-state index contributed by atoms with van der Waals surface area (Å²) in [6.45, 7) is 8.52. The van der Waals surface area contributed by atoms with E-state index < -0.39 is 11.7 Å². The summed E-state index contributed by atoms with van der Waals surface area (Å²) in [4.78, 5) is 11.3. The van der Waals surface area contributed by atoms with Crippen LogP contribution in [0.4, 0.5) is 4.79 Å². The minimum atomic E-state index is -0.477. The number of amides is 1. The molecule has 0 aliphatic carbocycles. The minimum Gasteiger partial charge on any atom is -0.444 e. The van der Waals surface area contributed by atoms with Crippen molar-refractivity contribution < 1.29 is 14.3 Å². The molecule has 5 nitrogen and oxygen atoms in total. The first-order valence-corrected chi connectivity index (χ1v) is 5.11. The highest BCUT2D eigenvalue weighted by Gasteiger charge is 2.17. The summed E-state index contributed by atoms with van der Waals surface area (Å²) in [5.41, 5.74) is -0.477. The summed E-state index contributed by atoms with van der Waals surface area (Å²) in [6, 6.07) is 0. The Hall–Kier alpha value is -0.810. The fraction of sp³-hybridized carbons (Fsp3) is 0.900. The summed E-state index contributed by atoms with van der Waals surface area (Å²) < 4.78 is 10.4. The first-order chi connectivity index (χ1) is 6.85. The third kappa shape index (κ3) is 9.49. The highest BCUT2D eigenvalue weighted by atomic mass is 16.6. The van der Waals surface area contributed by atoms with E-state index in [-0.39, 0.29) is 6.23 Å². The molecule has 0 spiro atoms. The average Bonchev–Trinajstić information content (AvgIpc) is 2.00. The molecule has 0 aliphatic heterocycles. The smallest absolute Gasteiger partial charge is 0.409 e. The van der Waals surface area contributed by atoms with Gasteiger partial charge in [-0.05, 0) is 34.7 Å². The van der Waals surface area contributed by atoms with Crippen molar-refractivity contribution in [3.63, 3.8) is 0 Å². The van der Waals surface area contributed by atoms with Crippen LogP contribution < -0.4 is 10.6 Å². The molecule has 0 aromatic carbocycles. The van der Waals surface area contributed by atoms with Gasteiger partial charge in [-0.1, -0.05) is 0 Å². The lowest BCUT2D eigenvalue weighted by molar-refractivity contribution is 0.0146. The van der Waals surface area contributed by atoms with Crippen LogP contribution in [0.15, 0.2) is 0 Å². The number of nitrogens with one attached hydrogen (secondary N) is 2. The molecule has 2 N–H and O–H groups in total. The van der Waals surface area contributed by atoms with E-state index in [0.29, 0.717) is 6.61 Å². The van der Waals surface area contributed by atoms with Crippen LogP contribution in [0.5, 0.6) is 0 Å². The number of likely N-dealkylation sites (N-methyl/N-ethyl adjacent to an activating group) is 1. The molecule has 0 saturated carbocycles. The van der Waals surface area contributed by atoms with Crippen LogP contribution in [0.1, 0.15) is 27.7 Å². The fourth-order valence-electron chi connectivity index (χ4n) is 0.853. The number of carbonyl (C=O) groups is 1. The Kier molecular flexibility index (Phi) is 6.27. The quantitative estimate of drug-likeness (QED) is 0.536. The molecule has 0 fully saturated rings. The predicted molar refractivity (Wildman–Crippen MR) is 58.7 cm³/mol. The van der Waals surface area contributed by atoms with Crippen molar-refractivity contribution >= 4 is 6.09 Å². The Morgan fingerprint density at radius 1 is 1.40 bits per heavy atom. The summed E-state index contributed by atoms with van der Waals surface area (Å²) in [7, 11) is 1.84. The number of rotatable bonds is 5. The lowest BCUT2D eigenvalue weighted by atomic mass is 10.2. The average molecular weight is 218 g/mol. The maximum Gasteiger partial charge on any atom is 0.409 e. The van der Waals surface area contributed by atoms with Crippen molar-refractivity contribution in [3.8, 4) is 0 Å². The summed E-state index contributed by atoms with van der Waals surface area (Å²) in [5.74, 6) is 0. The minimum absolute atomic E-state index is 0.340. The van der Waals surface area contributed by atoms with Gasteiger partial charge in [0.25, 0.3) is 0 Å². The Labute approximate surface area is 91.5 Å². The van der Waals surface area contributed by atoms with E-state index in [9.17, 15) is 4.79 Å². The molecule has 15 heavy (non-hydrogen) atoms. The highest BCUT2D eigenvalue weighted by Crippen LogP contribution is 2.06. The van der Waals surface area contributed by atoms with Gasteiger partial charge in [-0.3, -0.25) is 5.32 Å². The molecule has 0 aromatic heterocycles. The number of hydrogen-bond acceptors (Lipinski definition) is 4. The molecule has 1 amide bonds. The molecule has 0 rings (SSSR count). The van der Waals surface area contributed by atoms with Crippen molar-refractivity contribution in [1.82, 2.24) is 10.6 Å². The standard InChI is InChI=1S/C10H22N2O3/c1-8(14-7-6-11-5)12-9(13)15-10(2,3)4/h8,11H,6-7H2,1-5H3,(H,12,13). The Morgan fingerprint density at radius 3 is 2.47 bits per heavy atom. The van der Waals surface area contributed by atoms with Crippen molar-refractivity contribution in [2.75, 3.05) is 20.2 Å². The molecular formula is C10H22N2O3. The first-order valence-electron chi connectivity index (χ1n) is 5.11. The van der Waals surface area contributed by atoms with Crippen LogP contribution in [-0.4, -0.2) is 38.1 Å². The van der Waals surface area contributed by atoms with Gasteiger partial charge in [0.05, 0.1) is 6.61 Å². The van der Waals surface area contributed by atoms with Gasteiger partial charge in [-0.25, -0.2) is 4.79 Å². The molecule has 0 heterocycles. The normalized spacial score (nSPS) is 13.4. The van der Waals surface area contributed by atoms with Crippen LogP contribution >= 0.6 is 0 Å². The SMILES string of the molecule is CNCCOC(C)NC(=O)OC(C)(C)C. The summed E-state index contributed by atoms with van der Waals surface area (Å²) >= 11 is 0. The van der Waals surface area contributed by atoms with E-state index in [1.165, 1.54) is 0 Å². The second kappa shape index (κ2) is 6.63. The zero-order chi connectivity index (χ0) is 11.9. The van der Waals surface area contributed by atoms with E-state index in [0.717, 1.165) is 6.54 Å². The fourth-order valence-corrected chi connectivity index (χ4v) is 0.853. The van der Waals surface area contributed by atoms with Crippen molar-refractivity contribution in [1.29, 1.82) is 0 Å². The Balaban J connectivity index is 3.67. The lowest BCUT2D eigenvalue weighted by Gasteiger charge is -2.22. The largest absolute Gasteiger partial charge is 0.444 e. The molecule has 0 bridgehead atoms. The van der Waals surface area contributed by atoms with E-state index in [1.54, 1.807) is 6.92 Å². The van der Waals surface area contributed by atoms with Crippen LogP contribution in [0.3, 0.4) is 0 Å². The molecule has 0 saturated heterocycles. The Morgan fingerprint density at radius 2 is 2.00 bits per heavy atom. The summed E-state index contributed by atoms with van der Waals surface area (Å²) in [5, 5.41) is 5.53. The van der Waals surface area contributed by atoms with Gasteiger partial charge in [-0.15, -0.1) is 0 Å². The number of hydrogen-bond donors (Lipinski definition) is 2. The highest BCUT2D eigenvalue weighted by molar-refractivity contribution is 5.67. The van der Waals surface area contributed by atoms with Gasteiger partial charge in [0, 0.05) is 6.54 Å². The maximum atomic E-state index is 11.3. The topological polar surface area (TPSA) is 59.6 Å². The van der Waals surface area contributed by atoms with E-state index in [2.05, 4.69) is 10.6 Å². The zero-order valence-electron chi connectivity index (χ0n) is 10.2. The second-order valence-corrected chi connectivity index (χ2v) is 4.26. The second-order valence-electron chi connectivity index (χ2n) is 4.26. The molecule has 5 heteroatoms. The van der Waals surface area contributed by atoms with Gasteiger partial charge < -0.3 is 14.8 Å². The van der Waals surface area contributed by atoms with E-state index in [4.69, 9.17) is 9.47 Å². The molecular weight excluding hydrogens is 196 g/mol. The van der Waals surface area contributed by atoms with Crippen LogP contribution in [0.25, 0.3) is 0 Å².